The van der Waals surface area contributed by atoms with Crippen molar-refractivity contribution in [3.8, 4) is 11.3 Å². The van der Waals surface area contributed by atoms with Crippen LogP contribution in [-0.4, -0.2) is 67.5 Å². The molecule has 10 nitrogen and oxygen atoms in total. The summed E-state index contributed by atoms with van der Waals surface area (Å²) in [7, 11) is 0. The van der Waals surface area contributed by atoms with E-state index in [4.69, 9.17) is 9.52 Å². The number of nitrogens with one attached hydrogen (secondary N) is 1. The molecule has 0 unspecified atom stereocenters. The van der Waals surface area contributed by atoms with Gasteiger partial charge < -0.3 is 19.7 Å². The minimum absolute atomic E-state index is 0.128. The average Bonchev–Trinajstić information content (AvgIpc) is 3.51. The standard InChI is InChI=1S/C23H25N7O3/c1-15(2)28-7-9-29(10-8-28)20-4-3-17(12-25-20)27-21-22-24-5-6-30(22)18(13-26-21)16-11-19(23(31)32)33-14-16/h3-6,11-15H,7-10H2,1-2H3,(H,26,27)(H,31,32). The Balaban J connectivity index is 1.33. The number of aromatic nitrogens is 4. The van der Waals surface area contributed by atoms with Crippen LogP contribution in [0.25, 0.3) is 16.9 Å². The number of fused-ring (bicyclic) bond motifs is 1. The molecule has 0 spiro atoms. The van der Waals surface area contributed by atoms with Gasteiger partial charge in [-0.1, -0.05) is 0 Å². The predicted octanol–water partition coefficient (Wildman–Crippen LogP) is 3.36. The summed E-state index contributed by atoms with van der Waals surface area (Å²) in [5, 5.41) is 12.4. The quantitative estimate of drug-likeness (QED) is 0.459. The first-order valence-corrected chi connectivity index (χ1v) is 10.9. The van der Waals surface area contributed by atoms with E-state index in [1.54, 1.807) is 24.8 Å². The van der Waals surface area contributed by atoms with Crippen molar-refractivity contribution in [1.29, 1.82) is 0 Å². The van der Waals surface area contributed by atoms with Crippen LogP contribution in [0.4, 0.5) is 17.3 Å². The molecule has 0 bridgehead atoms. The number of carboxylic acid groups (broad SMARTS) is 1. The molecule has 5 rings (SSSR count). The summed E-state index contributed by atoms with van der Waals surface area (Å²) in [5.41, 5.74) is 2.71. The number of furan rings is 1. The number of anilines is 3. The van der Waals surface area contributed by atoms with Crippen molar-refractivity contribution in [1.82, 2.24) is 24.3 Å². The van der Waals surface area contributed by atoms with Crippen LogP contribution in [0.15, 0.2) is 53.7 Å². The van der Waals surface area contributed by atoms with E-state index in [0.29, 0.717) is 28.8 Å². The SMILES string of the molecule is CC(C)N1CCN(c2ccc(Nc3ncc(-c4coc(C(=O)O)c4)n4ccnc34)cn2)CC1. The van der Waals surface area contributed by atoms with E-state index in [1.807, 2.05) is 16.5 Å². The number of piperazine rings is 1. The molecule has 0 aliphatic carbocycles. The third kappa shape index (κ3) is 4.12. The van der Waals surface area contributed by atoms with Crippen molar-refractivity contribution >= 4 is 28.9 Å². The average molecular weight is 447 g/mol. The smallest absolute Gasteiger partial charge is 0.371 e. The Bertz CT molecular complexity index is 1270. The molecule has 1 fully saturated rings. The molecule has 1 aliphatic heterocycles. The monoisotopic (exact) mass is 447 g/mol. The normalized spacial score (nSPS) is 14.8. The zero-order valence-electron chi connectivity index (χ0n) is 18.5. The van der Waals surface area contributed by atoms with Gasteiger partial charge in [0.2, 0.25) is 5.76 Å². The van der Waals surface area contributed by atoms with E-state index in [-0.39, 0.29) is 5.76 Å². The van der Waals surface area contributed by atoms with Gasteiger partial charge in [-0.25, -0.2) is 19.7 Å². The minimum Gasteiger partial charge on any atom is -0.475 e. The lowest BCUT2D eigenvalue weighted by molar-refractivity contribution is 0.0662. The van der Waals surface area contributed by atoms with Crippen molar-refractivity contribution in [3.05, 3.63) is 55.0 Å². The fraction of sp³-hybridized carbons (Fsp3) is 0.304. The van der Waals surface area contributed by atoms with E-state index in [1.165, 1.54) is 12.3 Å². The zero-order valence-corrected chi connectivity index (χ0v) is 18.5. The number of aromatic carboxylic acids is 1. The van der Waals surface area contributed by atoms with Crippen LogP contribution in [0.3, 0.4) is 0 Å². The molecule has 0 saturated carbocycles. The van der Waals surface area contributed by atoms with E-state index in [9.17, 15) is 4.79 Å². The van der Waals surface area contributed by atoms with Gasteiger partial charge in [-0.2, -0.15) is 0 Å². The lowest BCUT2D eigenvalue weighted by atomic mass is 10.2. The summed E-state index contributed by atoms with van der Waals surface area (Å²) in [6.07, 6.45) is 8.32. The largest absolute Gasteiger partial charge is 0.475 e. The highest BCUT2D eigenvalue weighted by atomic mass is 16.4. The van der Waals surface area contributed by atoms with Crippen LogP contribution in [-0.2, 0) is 0 Å². The summed E-state index contributed by atoms with van der Waals surface area (Å²) in [5.74, 6) is 0.294. The predicted molar refractivity (Wildman–Crippen MR) is 124 cm³/mol. The number of hydrogen-bond acceptors (Lipinski definition) is 8. The number of carboxylic acids is 1. The second-order valence-electron chi connectivity index (χ2n) is 8.26. The Morgan fingerprint density at radius 1 is 1.12 bits per heavy atom. The number of imidazole rings is 1. The maximum atomic E-state index is 11.1. The van der Waals surface area contributed by atoms with E-state index >= 15 is 0 Å². The van der Waals surface area contributed by atoms with Gasteiger partial charge in [0.05, 0.1) is 23.8 Å². The summed E-state index contributed by atoms with van der Waals surface area (Å²) in [4.78, 5) is 29.5. The van der Waals surface area contributed by atoms with Gasteiger partial charge in [-0.05, 0) is 26.0 Å². The molecule has 33 heavy (non-hydrogen) atoms. The Morgan fingerprint density at radius 2 is 1.94 bits per heavy atom. The number of nitrogens with zero attached hydrogens (tertiary/aromatic N) is 6. The first-order valence-electron chi connectivity index (χ1n) is 10.9. The molecular weight excluding hydrogens is 422 g/mol. The van der Waals surface area contributed by atoms with Crippen LogP contribution < -0.4 is 10.2 Å². The fourth-order valence-electron chi connectivity index (χ4n) is 4.05. The molecule has 4 aromatic heterocycles. The highest BCUT2D eigenvalue weighted by Gasteiger charge is 2.20. The second-order valence-corrected chi connectivity index (χ2v) is 8.26. The number of carbonyl (C=O) groups is 1. The van der Waals surface area contributed by atoms with Gasteiger partial charge in [-0.3, -0.25) is 9.30 Å². The van der Waals surface area contributed by atoms with Crippen LogP contribution >= 0.6 is 0 Å². The Hall–Kier alpha value is -3.92. The van der Waals surface area contributed by atoms with Crippen molar-refractivity contribution in [2.45, 2.75) is 19.9 Å². The van der Waals surface area contributed by atoms with Gasteiger partial charge in [0.1, 0.15) is 12.1 Å². The summed E-state index contributed by atoms with van der Waals surface area (Å²) >= 11 is 0. The topological polar surface area (TPSA) is 112 Å². The van der Waals surface area contributed by atoms with Gasteiger partial charge >= 0.3 is 5.97 Å². The first-order chi connectivity index (χ1) is 16.0. The zero-order chi connectivity index (χ0) is 22.9. The number of rotatable bonds is 6. The van der Waals surface area contributed by atoms with Crippen LogP contribution in [0.5, 0.6) is 0 Å². The molecule has 170 valence electrons. The Morgan fingerprint density at radius 3 is 2.61 bits per heavy atom. The lowest BCUT2D eigenvalue weighted by Crippen LogP contribution is -2.49. The molecule has 4 aromatic rings. The summed E-state index contributed by atoms with van der Waals surface area (Å²) in [6.45, 7) is 8.47. The molecule has 1 aliphatic rings. The van der Waals surface area contributed by atoms with E-state index in [0.717, 1.165) is 37.7 Å². The summed E-state index contributed by atoms with van der Waals surface area (Å²) < 4.78 is 6.95. The molecule has 0 atom stereocenters. The molecule has 10 heteroatoms. The van der Waals surface area contributed by atoms with E-state index in [2.05, 4.69) is 43.9 Å². The van der Waals surface area contributed by atoms with Gasteiger partial charge in [0.25, 0.3) is 0 Å². The second kappa shape index (κ2) is 8.55. The van der Waals surface area contributed by atoms with Crippen molar-refractivity contribution in [2.24, 2.45) is 0 Å². The minimum atomic E-state index is -1.12. The van der Waals surface area contributed by atoms with Crippen LogP contribution in [0.1, 0.15) is 24.4 Å². The van der Waals surface area contributed by atoms with Gasteiger partial charge in [-0.15, -0.1) is 0 Å². The lowest BCUT2D eigenvalue weighted by Gasteiger charge is -2.37. The third-order valence-corrected chi connectivity index (χ3v) is 5.91. The molecule has 2 N–H and O–H groups in total. The molecule has 0 radical (unpaired) electrons. The fourth-order valence-corrected chi connectivity index (χ4v) is 4.05. The van der Waals surface area contributed by atoms with Crippen LogP contribution in [0, 0.1) is 0 Å². The Labute approximate surface area is 190 Å². The van der Waals surface area contributed by atoms with Crippen molar-refractivity contribution < 1.29 is 14.3 Å². The highest BCUT2D eigenvalue weighted by Crippen LogP contribution is 2.27. The highest BCUT2D eigenvalue weighted by molar-refractivity contribution is 5.86. The maximum absolute atomic E-state index is 11.1. The molecular formula is C23H25N7O3. The van der Waals surface area contributed by atoms with E-state index < -0.39 is 5.97 Å². The Kier molecular flexibility index (Phi) is 5.43. The number of pyridine rings is 1. The first kappa shape index (κ1) is 21.0. The van der Waals surface area contributed by atoms with Gasteiger partial charge in [0.15, 0.2) is 11.5 Å². The molecule has 0 aromatic carbocycles. The number of hydrogen-bond donors (Lipinski definition) is 2. The summed E-state index contributed by atoms with van der Waals surface area (Å²) in [6, 6.07) is 6.04. The van der Waals surface area contributed by atoms with Crippen molar-refractivity contribution in [3.63, 3.8) is 0 Å². The third-order valence-electron chi connectivity index (χ3n) is 5.91. The van der Waals surface area contributed by atoms with Crippen molar-refractivity contribution in [2.75, 3.05) is 36.4 Å². The molecule has 5 heterocycles. The molecule has 0 amide bonds. The maximum Gasteiger partial charge on any atom is 0.371 e. The molecule has 1 saturated heterocycles. The van der Waals surface area contributed by atoms with Crippen LogP contribution in [0.2, 0.25) is 0 Å². The van der Waals surface area contributed by atoms with Gasteiger partial charge in [0, 0.05) is 56.2 Å².